The third kappa shape index (κ3) is 8.43. The number of hydrogen-bond donors (Lipinski definition) is 1. The highest BCUT2D eigenvalue weighted by Crippen LogP contribution is 2.35. The first-order chi connectivity index (χ1) is 22.4. The minimum atomic E-state index is -0.954. The summed E-state index contributed by atoms with van der Waals surface area (Å²) in [6, 6.07) is 19.1. The molecule has 2 heterocycles. The molecular formula is C36H39FN4O5S. The second-order valence-corrected chi connectivity index (χ2v) is 14.1. The fourth-order valence-electron chi connectivity index (χ4n) is 5.88. The number of rotatable bonds is 11. The summed E-state index contributed by atoms with van der Waals surface area (Å²) in [7, 11) is 0. The quantitative estimate of drug-likeness (QED) is 0.250. The Morgan fingerprint density at radius 2 is 1.83 bits per heavy atom. The van der Waals surface area contributed by atoms with Gasteiger partial charge in [0.15, 0.2) is 0 Å². The molecular weight excluding hydrogens is 619 g/mol. The van der Waals surface area contributed by atoms with Crippen LogP contribution in [0.15, 0.2) is 65.6 Å². The van der Waals surface area contributed by atoms with Crippen LogP contribution in [0.3, 0.4) is 0 Å². The molecule has 2 amide bonds. The number of nitrogens with zero attached hydrogens (tertiary/aromatic N) is 3. The predicted octanol–water partition coefficient (Wildman–Crippen LogP) is 5.97. The number of carbonyl (C=O) groups is 3. The topological polar surface area (TPSA) is 126 Å². The number of benzene rings is 3. The summed E-state index contributed by atoms with van der Waals surface area (Å²) in [5.74, 6) is -1.27. The molecule has 1 saturated heterocycles. The van der Waals surface area contributed by atoms with E-state index in [1.165, 1.54) is 11.0 Å². The molecule has 47 heavy (non-hydrogen) atoms. The lowest BCUT2D eigenvalue weighted by Gasteiger charge is -2.33. The number of thioether (sulfide) groups is 1. The Kier molecular flexibility index (Phi) is 10.4. The third-order valence-electron chi connectivity index (χ3n) is 8.18. The molecule has 0 spiro atoms. The van der Waals surface area contributed by atoms with Crippen molar-refractivity contribution in [3.63, 3.8) is 0 Å². The Balaban J connectivity index is 1.14. The van der Waals surface area contributed by atoms with Crippen molar-refractivity contribution in [1.29, 1.82) is 5.26 Å². The highest BCUT2D eigenvalue weighted by atomic mass is 32.2. The maximum Gasteiger partial charge on any atom is 0.306 e. The molecule has 2 aliphatic heterocycles. The molecule has 9 nitrogen and oxygen atoms in total. The van der Waals surface area contributed by atoms with Gasteiger partial charge in [-0.1, -0.05) is 18.2 Å². The van der Waals surface area contributed by atoms with Crippen molar-refractivity contribution in [3.8, 4) is 11.8 Å². The molecule has 246 valence electrons. The van der Waals surface area contributed by atoms with Gasteiger partial charge >= 0.3 is 5.97 Å². The van der Waals surface area contributed by atoms with Gasteiger partial charge in [0.05, 0.1) is 23.9 Å². The smallest absolute Gasteiger partial charge is 0.306 e. The number of nitrogens with two attached hydrogens (primary N) is 1. The summed E-state index contributed by atoms with van der Waals surface area (Å²) in [6.45, 7) is 7.24. The predicted molar refractivity (Wildman–Crippen MR) is 177 cm³/mol. The Morgan fingerprint density at radius 1 is 1.11 bits per heavy atom. The molecule has 1 fully saturated rings. The molecule has 3 aromatic rings. The first-order valence-corrected chi connectivity index (χ1v) is 16.6. The minimum Gasteiger partial charge on any atom is -0.489 e. The number of primary amides is 1. The highest BCUT2D eigenvalue weighted by molar-refractivity contribution is 8.00. The molecule has 11 heteroatoms. The maximum absolute atomic E-state index is 14.5. The lowest BCUT2D eigenvalue weighted by molar-refractivity contribution is -0.155. The number of nitriles is 1. The van der Waals surface area contributed by atoms with Crippen molar-refractivity contribution in [2.45, 2.75) is 81.4 Å². The van der Waals surface area contributed by atoms with E-state index in [1.54, 1.807) is 51.1 Å². The summed E-state index contributed by atoms with van der Waals surface area (Å²) in [4.78, 5) is 42.5. The van der Waals surface area contributed by atoms with Gasteiger partial charge in [0, 0.05) is 40.8 Å². The fourth-order valence-corrected chi connectivity index (χ4v) is 7.00. The van der Waals surface area contributed by atoms with Crippen molar-refractivity contribution in [2.75, 3.05) is 18.0 Å². The largest absolute Gasteiger partial charge is 0.489 e. The van der Waals surface area contributed by atoms with Crippen LogP contribution in [0.25, 0.3) is 0 Å². The zero-order valence-corrected chi connectivity index (χ0v) is 27.6. The van der Waals surface area contributed by atoms with E-state index in [-0.39, 0.29) is 31.1 Å². The molecule has 0 bridgehead atoms. The molecule has 0 aromatic heterocycles. The summed E-state index contributed by atoms with van der Waals surface area (Å²) in [5, 5.41) is 9.41. The molecule has 5 rings (SSSR count). The number of carbonyl (C=O) groups excluding carboxylic acids is 3. The van der Waals surface area contributed by atoms with Gasteiger partial charge in [-0.2, -0.15) is 5.26 Å². The monoisotopic (exact) mass is 658 g/mol. The molecule has 0 unspecified atom stereocenters. The molecule has 2 N–H and O–H groups in total. The van der Waals surface area contributed by atoms with Gasteiger partial charge in [-0.25, -0.2) is 4.39 Å². The number of esters is 1. The fraction of sp³-hybridized carbons (Fsp3) is 0.389. The van der Waals surface area contributed by atoms with E-state index >= 15 is 0 Å². The highest BCUT2D eigenvalue weighted by Gasteiger charge is 2.37. The van der Waals surface area contributed by atoms with Crippen LogP contribution in [0.1, 0.15) is 73.5 Å². The Labute approximate surface area is 278 Å². The molecule has 0 aliphatic carbocycles. The number of hydrogen-bond acceptors (Lipinski definition) is 8. The number of piperidine rings is 1. The summed E-state index contributed by atoms with van der Waals surface area (Å²) >= 11 is 1.81. The second kappa shape index (κ2) is 14.5. The minimum absolute atomic E-state index is 0.0413. The van der Waals surface area contributed by atoms with Crippen molar-refractivity contribution in [3.05, 3.63) is 88.7 Å². The van der Waals surface area contributed by atoms with Crippen LogP contribution in [0.5, 0.6) is 5.75 Å². The van der Waals surface area contributed by atoms with Gasteiger partial charge in [0.2, 0.25) is 5.91 Å². The van der Waals surface area contributed by atoms with Gasteiger partial charge in [-0.3, -0.25) is 14.4 Å². The number of ether oxygens (including phenoxy) is 2. The van der Waals surface area contributed by atoms with Crippen LogP contribution in [0.2, 0.25) is 0 Å². The normalized spacial score (nSPS) is 15.6. The average Bonchev–Trinajstić information content (AvgIpc) is 3.36. The SMILES string of the molecule is CC(C)(C)OC(=O)CC[C@@H](C(N)=O)N1Cc2c(OCc3ccc(SC4CCN(c5ccc(C#N)cc5F)CC4)cc3)cccc2C1=O. The Bertz CT molecular complexity index is 1680. The van der Waals surface area contributed by atoms with E-state index in [4.69, 9.17) is 20.5 Å². The van der Waals surface area contributed by atoms with E-state index in [1.807, 2.05) is 34.9 Å². The Hall–Kier alpha value is -4.56. The number of fused-ring (bicyclic) bond motifs is 1. The van der Waals surface area contributed by atoms with Crippen LogP contribution in [0, 0.1) is 17.1 Å². The number of amides is 2. The van der Waals surface area contributed by atoms with Gasteiger partial charge in [-0.15, -0.1) is 11.8 Å². The summed E-state index contributed by atoms with van der Waals surface area (Å²) in [5.41, 5.74) is 7.98. The van der Waals surface area contributed by atoms with Gasteiger partial charge in [0.1, 0.15) is 29.8 Å². The number of halogens is 1. The van der Waals surface area contributed by atoms with E-state index in [2.05, 4.69) is 12.1 Å². The maximum atomic E-state index is 14.5. The first kappa shape index (κ1) is 33.8. The van der Waals surface area contributed by atoms with Crippen LogP contribution in [-0.2, 0) is 27.5 Å². The molecule has 0 radical (unpaired) electrons. The first-order valence-electron chi connectivity index (χ1n) is 15.7. The number of anilines is 1. The summed E-state index contributed by atoms with van der Waals surface area (Å²) in [6.07, 6.45) is 1.86. The molecule has 3 aromatic carbocycles. The van der Waals surface area contributed by atoms with Crippen molar-refractivity contribution < 1.29 is 28.2 Å². The van der Waals surface area contributed by atoms with E-state index < -0.39 is 23.5 Å². The van der Waals surface area contributed by atoms with Crippen LogP contribution >= 0.6 is 11.8 Å². The van der Waals surface area contributed by atoms with E-state index in [9.17, 15) is 18.8 Å². The van der Waals surface area contributed by atoms with Crippen molar-refractivity contribution in [1.82, 2.24) is 4.90 Å². The zero-order valence-electron chi connectivity index (χ0n) is 26.8. The lowest BCUT2D eigenvalue weighted by atomic mass is 10.1. The molecule has 2 aliphatic rings. The van der Waals surface area contributed by atoms with Gasteiger partial charge < -0.3 is 25.0 Å². The van der Waals surface area contributed by atoms with Crippen LogP contribution in [0.4, 0.5) is 10.1 Å². The molecule has 0 saturated carbocycles. The van der Waals surface area contributed by atoms with E-state index in [0.717, 1.165) is 36.4 Å². The van der Waals surface area contributed by atoms with Crippen molar-refractivity contribution in [2.24, 2.45) is 5.73 Å². The summed E-state index contributed by atoms with van der Waals surface area (Å²) < 4.78 is 26.0. The Morgan fingerprint density at radius 3 is 2.47 bits per heavy atom. The third-order valence-corrected chi connectivity index (χ3v) is 9.53. The van der Waals surface area contributed by atoms with Crippen molar-refractivity contribution >= 4 is 35.2 Å². The molecule has 1 atom stereocenters. The van der Waals surface area contributed by atoms with Gasteiger partial charge in [-0.05, 0) is 88.1 Å². The second-order valence-electron chi connectivity index (χ2n) is 12.8. The van der Waals surface area contributed by atoms with Gasteiger partial charge in [0.25, 0.3) is 5.91 Å². The van der Waals surface area contributed by atoms with Crippen LogP contribution < -0.4 is 15.4 Å². The van der Waals surface area contributed by atoms with Crippen LogP contribution in [-0.4, -0.2) is 52.7 Å². The zero-order chi connectivity index (χ0) is 33.7. The average molecular weight is 659 g/mol. The standard InChI is InChI=1S/C36H39FN4O5S/c1-36(2,3)46-33(42)14-13-31(34(39)43)41-21-28-27(35(41)44)5-4-6-32(28)45-22-23-7-10-25(11-8-23)47-26-15-17-40(18-16-26)30-12-9-24(20-38)19-29(30)37/h4-12,19,26,31H,13-18,21-22H2,1-3H3,(H2,39,43)/t31-/m0/s1. The van der Waals surface area contributed by atoms with E-state index in [0.29, 0.717) is 40.0 Å². The lowest BCUT2D eigenvalue weighted by Crippen LogP contribution is -2.45.